The van der Waals surface area contributed by atoms with Gasteiger partial charge in [0, 0.05) is 26.6 Å². The third kappa shape index (κ3) is 3.23. The topological polar surface area (TPSA) is 60.1 Å². The second-order valence-corrected chi connectivity index (χ2v) is 8.91. The molecule has 1 aliphatic heterocycles. The molecule has 1 atom stereocenters. The maximum absolute atomic E-state index is 13.2. The highest BCUT2D eigenvalue weighted by atomic mass is 32.1. The highest BCUT2D eigenvalue weighted by molar-refractivity contribution is 7.18. The number of amides is 1. The van der Waals surface area contributed by atoms with Crippen molar-refractivity contribution in [1.82, 2.24) is 19.0 Å². The lowest BCUT2D eigenvalue weighted by Gasteiger charge is -2.34. The second kappa shape index (κ2) is 7.72. The number of likely N-dealkylation sites (tertiary alicyclic amines) is 1. The van der Waals surface area contributed by atoms with Crippen LogP contribution in [0.15, 0.2) is 53.3 Å². The van der Waals surface area contributed by atoms with E-state index >= 15 is 0 Å². The SMILES string of the molecule is Cn1c(=O)n(CCC(=O)N2CCCCC2c2nc3ccccc3s2)c2ccccc21. The van der Waals surface area contributed by atoms with Gasteiger partial charge in [0.05, 0.1) is 27.3 Å². The van der Waals surface area contributed by atoms with E-state index in [0.717, 1.165) is 52.1 Å². The van der Waals surface area contributed by atoms with Crippen LogP contribution >= 0.6 is 11.3 Å². The van der Waals surface area contributed by atoms with Crippen molar-refractivity contribution < 1.29 is 4.79 Å². The van der Waals surface area contributed by atoms with E-state index in [-0.39, 0.29) is 17.6 Å². The maximum Gasteiger partial charge on any atom is 0.328 e. The van der Waals surface area contributed by atoms with Crippen molar-refractivity contribution in [2.24, 2.45) is 7.05 Å². The lowest BCUT2D eigenvalue weighted by atomic mass is 10.0. The molecule has 1 fully saturated rings. The van der Waals surface area contributed by atoms with Gasteiger partial charge in [0.1, 0.15) is 5.01 Å². The van der Waals surface area contributed by atoms with Gasteiger partial charge < -0.3 is 4.90 Å². The first-order valence-electron chi connectivity index (χ1n) is 10.4. The number of hydrogen-bond acceptors (Lipinski definition) is 4. The maximum atomic E-state index is 13.2. The van der Waals surface area contributed by atoms with Crippen molar-refractivity contribution >= 4 is 38.5 Å². The van der Waals surface area contributed by atoms with Crippen molar-refractivity contribution in [3.8, 4) is 0 Å². The molecule has 6 nitrogen and oxygen atoms in total. The Balaban J connectivity index is 1.38. The van der Waals surface area contributed by atoms with Crippen LogP contribution in [0.1, 0.15) is 36.7 Å². The number of para-hydroxylation sites is 3. The lowest BCUT2D eigenvalue weighted by Crippen LogP contribution is -2.39. The van der Waals surface area contributed by atoms with Crippen LogP contribution < -0.4 is 5.69 Å². The summed E-state index contributed by atoms with van der Waals surface area (Å²) in [6.45, 7) is 1.14. The molecule has 4 aromatic rings. The van der Waals surface area contributed by atoms with Gasteiger partial charge in [-0.25, -0.2) is 9.78 Å². The fourth-order valence-corrected chi connectivity index (χ4v) is 5.57. The number of piperidine rings is 1. The molecule has 2 aromatic carbocycles. The molecule has 5 rings (SSSR count). The van der Waals surface area contributed by atoms with Crippen molar-refractivity contribution in [2.75, 3.05) is 6.54 Å². The Morgan fingerprint density at radius 2 is 1.87 bits per heavy atom. The number of aryl methyl sites for hydroxylation is 2. The van der Waals surface area contributed by atoms with Gasteiger partial charge in [0.25, 0.3) is 0 Å². The summed E-state index contributed by atoms with van der Waals surface area (Å²) >= 11 is 1.68. The zero-order chi connectivity index (χ0) is 20.7. The van der Waals surface area contributed by atoms with Crippen LogP contribution in [0.3, 0.4) is 0 Å². The number of aromatic nitrogens is 3. The highest BCUT2D eigenvalue weighted by Crippen LogP contribution is 2.36. The van der Waals surface area contributed by atoms with E-state index in [0.29, 0.717) is 13.0 Å². The smallest absolute Gasteiger partial charge is 0.328 e. The number of rotatable bonds is 4. The molecular formula is C23H24N4O2S. The first-order chi connectivity index (χ1) is 14.6. The van der Waals surface area contributed by atoms with Gasteiger partial charge in [0.2, 0.25) is 5.91 Å². The van der Waals surface area contributed by atoms with Crippen LogP contribution in [-0.2, 0) is 18.4 Å². The average molecular weight is 421 g/mol. The molecule has 7 heteroatoms. The van der Waals surface area contributed by atoms with E-state index in [9.17, 15) is 9.59 Å². The molecule has 1 unspecified atom stereocenters. The Morgan fingerprint density at radius 1 is 1.10 bits per heavy atom. The molecule has 0 spiro atoms. The Kier molecular flexibility index (Phi) is 4.90. The monoisotopic (exact) mass is 420 g/mol. The summed E-state index contributed by atoms with van der Waals surface area (Å²) in [5, 5.41) is 1.02. The number of fused-ring (bicyclic) bond motifs is 2. The van der Waals surface area contributed by atoms with Gasteiger partial charge in [-0.1, -0.05) is 24.3 Å². The summed E-state index contributed by atoms with van der Waals surface area (Å²) in [7, 11) is 1.77. The van der Waals surface area contributed by atoms with E-state index in [1.165, 1.54) is 0 Å². The van der Waals surface area contributed by atoms with Crippen molar-refractivity contribution in [2.45, 2.75) is 38.3 Å². The Labute approximate surface area is 178 Å². The second-order valence-electron chi connectivity index (χ2n) is 7.85. The number of hydrogen-bond donors (Lipinski definition) is 0. The van der Waals surface area contributed by atoms with Crippen LogP contribution in [-0.4, -0.2) is 31.5 Å². The lowest BCUT2D eigenvalue weighted by molar-refractivity contribution is -0.135. The third-order valence-electron chi connectivity index (χ3n) is 6.02. The summed E-state index contributed by atoms with van der Waals surface area (Å²) in [6.07, 6.45) is 3.38. The number of nitrogens with zero attached hydrogens (tertiary/aromatic N) is 4. The van der Waals surface area contributed by atoms with Crippen LogP contribution in [0.25, 0.3) is 21.3 Å². The van der Waals surface area contributed by atoms with Crippen molar-refractivity contribution in [3.05, 3.63) is 64.0 Å². The largest absolute Gasteiger partial charge is 0.333 e. The molecular weight excluding hydrogens is 396 g/mol. The molecule has 1 aliphatic rings. The minimum atomic E-state index is -0.0784. The van der Waals surface area contributed by atoms with Crippen LogP contribution in [0.2, 0.25) is 0 Å². The molecule has 3 heterocycles. The van der Waals surface area contributed by atoms with Crippen LogP contribution in [0.4, 0.5) is 0 Å². The summed E-state index contributed by atoms with van der Waals surface area (Å²) in [4.78, 5) is 32.7. The van der Waals surface area contributed by atoms with Gasteiger partial charge in [-0.3, -0.25) is 13.9 Å². The average Bonchev–Trinajstić information content (AvgIpc) is 3.32. The number of benzene rings is 2. The third-order valence-corrected chi connectivity index (χ3v) is 7.16. The van der Waals surface area contributed by atoms with E-state index in [1.54, 1.807) is 27.5 Å². The van der Waals surface area contributed by atoms with Gasteiger partial charge in [-0.2, -0.15) is 0 Å². The van der Waals surface area contributed by atoms with E-state index in [4.69, 9.17) is 4.98 Å². The molecule has 0 saturated carbocycles. The van der Waals surface area contributed by atoms with Crippen LogP contribution in [0.5, 0.6) is 0 Å². The Bertz CT molecular complexity index is 1250. The predicted molar refractivity (Wildman–Crippen MR) is 120 cm³/mol. The molecule has 30 heavy (non-hydrogen) atoms. The summed E-state index contributed by atoms with van der Waals surface area (Å²) in [5.74, 6) is 0.0961. The number of carbonyl (C=O) groups excluding carboxylic acids is 1. The molecule has 0 bridgehead atoms. The first-order valence-corrected chi connectivity index (χ1v) is 11.2. The normalized spacial score (nSPS) is 17.1. The summed E-state index contributed by atoms with van der Waals surface area (Å²) in [5.41, 5.74) is 2.68. The molecule has 154 valence electrons. The number of imidazole rings is 1. The zero-order valence-corrected chi connectivity index (χ0v) is 17.8. The summed E-state index contributed by atoms with van der Waals surface area (Å²) < 4.78 is 4.52. The molecule has 1 amide bonds. The Hall–Kier alpha value is -2.93. The zero-order valence-electron chi connectivity index (χ0n) is 17.0. The fourth-order valence-electron chi connectivity index (χ4n) is 4.45. The minimum Gasteiger partial charge on any atom is -0.333 e. The first kappa shape index (κ1) is 19.1. The molecule has 0 N–H and O–H groups in total. The molecule has 2 aromatic heterocycles. The number of carbonyl (C=O) groups is 1. The van der Waals surface area contributed by atoms with Crippen LogP contribution in [0, 0.1) is 0 Å². The molecule has 1 saturated heterocycles. The highest BCUT2D eigenvalue weighted by Gasteiger charge is 2.30. The van der Waals surface area contributed by atoms with E-state index < -0.39 is 0 Å². The quantitative estimate of drug-likeness (QED) is 0.500. The standard InChI is InChI=1S/C23H24N4O2S/c1-25-17-9-3-4-10-18(17)27(23(25)29)15-13-21(28)26-14-7-6-11-19(26)22-24-16-8-2-5-12-20(16)30-22/h2-5,8-10,12,19H,6-7,11,13-15H2,1H3. The minimum absolute atomic E-state index is 0.0351. The van der Waals surface area contributed by atoms with Crippen molar-refractivity contribution in [1.29, 1.82) is 0 Å². The Morgan fingerprint density at radius 3 is 2.70 bits per heavy atom. The fraction of sp³-hybridized carbons (Fsp3) is 0.348. The summed E-state index contributed by atoms with van der Waals surface area (Å²) in [6, 6.07) is 15.9. The van der Waals surface area contributed by atoms with Gasteiger partial charge in [-0.15, -0.1) is 11.3 Å². The molecule has 0 aliphatic carbocycles. The van der Waals surface area contributed by atoms with Gasteiger partial charge in [0.15, 0.2) is 0 Å². The number of thiazole rings is 1. The predicted octanol–water partition coefficient (Wildman–Crippen LogP) is 4.09. The molecule has 0 radical (unpaired) electrons. The van der Waals surface area contributed by atoms with Gasteiger partial charge in [-0.05, 0) is 43.5 Å². The van der Waals surface area contributed by atoms with Gasteiger partial charge >= 0.3 is 5.69 Å². The van der Waals surface area contributed by atoms with E-state index in [2.05, 4.69) is 6.07 Å². The van der Waals surface area contributed by atoms with Crippen molar-refractivity contribution in [3.63, 3.8) is 0 Å². The van der Waals surface area contributed by atoms with E-state index in [1.807, 2.05) is 47.4 Å².